The van der Waals surface area contributed by atoms with Crippen molar-refractivity contribution in [3.63, 3.8) is 0 Å². The van der Waals surface area contributed by atoms with Crippen LogP contribution in [0.2, 0.25) is 0 Å². The van der Waals surface area contributed by atoms with Crippen LogP contribution in [0.4, 0.5) is 0 Å². The van der Waals surface area contributed by atoms with Crippen molar-refractivity contribution in [3.05, 3.63) is 29.3 Å². The molecule has 2 atom stereocenters. The normalized spacial score (nSPS) is 25.5. The maximum Gasteiger partial charge on any atom is 0.125 e. The SMILES string of the molecule is Cc1cccc(C)c1OC1CCC(N)C1. The fourth-order valence-corrected chi connectivity index (χ4v) is 2.23. The molecule has 1 fully saturated rings. The van der Waals surface area contributed by atoms with Crippen molar-refractivity contribution >= 4 is 0 Å². The second-order valence-corrected chi connectivity index (χ2v) is 4.53. The van der Waals surface area contributed by atoms with Gasteiger partial charge in [-0.05, 0) is 44.2 Å². The Bertz CT molecular complexity index is 328. The molecule has 0 aliphatic heterocycles. The lowest BCUT2D eigenvalue weighted by Crippen LogP contribution is -2.19. The van der Waals surface area contributed by atoms with E-state index in [-0.39, 0.29) is 0 Å². The number of para-hydroxylation sites is 1. The number of ether oxygens (including phenoxy) is 1. The Labute approximate surface area is 91.4 Å². The van der Waals surface area contributed by atoms with Crippen molar-refractivity contribution in [2.45, 2.75) is 45.3 Å². The lowest BCUT2D eigenvalue weighted by Gasteiger charge is -2.17. The van der Waals surface area contributed by atoms with E-state index in [0.717, 1.165) is 25.0 Å². The van der Waals surface area contributed by atoms with Gasteiger partial charge in [-0.25, -0.2) is 0 Å². The predicted molar refractivity (Wildman–Crippen MR) is 62.2 cm³/mol. The average molecular weight is 205 g/mol. The monoisotopic (exact) mass is 205 g/mol. The molecule has 2 nitrogen and oxygen atoms in total. The number of rotatable bonds is 2. The fourth-order valence-electron chi connectivity index (χ4n) is 2.23. The molecule has 1 aromatic carbocycles. The Kier molecular flexibility index (Phi) is 2.96. The lowest BCUT2D eigenvalue weighted by molar-refractivity contribution is 0.205. The summed E-state index contributed by atoms with van der Waals surface area (Å²) in [5.41, 5.74) is 8.31. The molecule has 0 aromatic heterocycles. The number of hydrogen-bond acceptors (Lipinski definition) is 2. The van der Waals surface area contributed by atoms with E-state index < -0.39 is 0 Å². The van der Waals surface area contributed by atoms with Crippen molar-refractivity contribution in [1.82, 2.24) is 0 Å². The topological polar surface area (TPSA) is 35.2 Å². The largest absolute Gasteiger partial charge is 0.490 e. The third-order valence-corrected chi connectivity index (χ3v) is 3.12. The lowest BCUT2D eigenvalue weighted by atomic mass is 10.1. The highest BCUT2D eigenvalue weighted by atomic mass is 16.5. The molecule has 2 unspecified atom stereocenters. The number of hydrogen-bond donors (Lipinski definition) is 1. The molecule has 15 heavy (non-hydrogen) atoms. The van der Waals surface area contributed by atoms with E-state index >= 15 is 0 Å². The number of aryl methyl sites for hydroxylation is 2. The Morgan fingerprint density at radius 1 is 1.20 bits per heavy atom. The molecule has 2 N–H and O–H groups in total. The quantitative estimate of drug-likeness (QED) is 0.805. The van der Waals surface area contributed by atoms with Gasteiger partial charge in [-0.2, -0.15) is 0 Å². The van der Waals surface area contributed by atoms with E-state index in [1.165, 1.54) is 11.1 Å². The first-order valence-corrected chi connectivity index (χ1v) is 5.65. The van der Waals surface area contributed by atoms with Gasteiger partial charge in [0, 0.05) is 6.04 Å². The minimum atomic E-state index is 0.319. The summed E-state index contributed by atoms with van der Waals surface area (Å²) in [6.07, 6.45) is 3.50. The summed E-state index contributed by atoms with van der Waals surface area (Å²) in [6, 6.07) is 6.59. The number of benzene rings is 1. The van der Waals surface area contributed by atoms with Crippen molar-refractivity contribution in [1.29, 1.82) is 0 Å². The van der Waals surface area contributed by atoms with Crippen LogP contribution >= 0.6 is 0 Å². The van der Waals surface area contributed by atoms with Crippen LogP contribution in [0.5, 0.6) is 5.75 Å². The van der Waals surface area contributed by atoms with Gasteiger partial charge >= 0.3 is 0 Å². The zero-order valence-electron chi connectivity index (χ0n) is 9.49. The Balaban J connectivity index is 2.10. The highest BCUT2D eigenvalue weighted by molar-refractivity contribution is 5.39. The molecule has 1 aromatic rings. The summed E-state index contributed by atoms with van der Waals surface area (Å²) in [5.74, 6) is 1.05. The zero-order chi connectivity index (χ0) is 10.8. The Morgan fingerprint density at radius 2 is 1.87 bits per heavy atom. The molecule has 1 aliphatic rings. The van der Waals surface area contributed by atoms with Gasteiger partial charge in [0.05, 0.1) is 0 Å². The van der Waals surface area contributed by atoms with E-state index in [1.54, 1.807) is 0 Å². The maximum absolute atomic E-state index is 6.03. The average Bonchev–Trinajstić information content (AvgIpc) is 2.58. The van der Waals surface area contributed by atoms with Crippen molar-refractivity contribution < 1.29 is 4.74 Å². The predicted octanol–water partition coefficient (Wildman–Crippen LogP) is 2.56. The third-order valence-electron chi connectivity index (χ3n) is 3.12. The highest BCUT2D eigenvalue weighted by Crippen LogP contribution is 2.28. The van der Waals surface area contributed by atoms with Gasteiger partial charge in [0.15, 0.2) is 0 Å². The van der Waals surface area contributed by atoms with E-state index in [1.807, 2.05) is 0 Å². The Hall–Kier alpha value is -1.02. The van der Waals surface area contributed by atoms with E-state index in [9.17, 15) is 0 Å². The van der Waals surface area contributed by atoms with E-state index in [2.05, 4.69) is 32.0 Å². The fraction of sp³-hybridized carbons (Fsp3) is 0.538. The molecule has 0 saturated heterocycles. The summed E-state index contributed by atoms with van der Waals surface area (Å²) in [6.45, 7) is 4.19. The molecule has 2 rings (SSSR count). The van der Waals surface area contributed by atoms with Crippen LogP contribution in [0.1, 0.15) is 30.4 Å². The first-order chi connectivity index (χ1) is 7.16. The third kappa shape index (κ3) is 2.32. The molecular formula is C13H19NO. The van der Waals surface area contributed by atoms with Gasteiger partial charge in [-0.1, -0.05) is 18.2 Å². The molecule has 0 radical (unpaired) electrons. The van der Waals surface area contributed by atoms with Gasteiger partial charge in [0.25, 0.3) is 0 Å². The van der Waals surface area contributed by atoms with Crippen LogP contribution in [0.3, 0.4) is 0 Å². The van der Waals surface area contributed by atoms with Crippen molar-refractivity contribution in [3.8, 4) is 5.75 Å². The maximum atomic E-state index is 6.03. The standard InChI is InChI=1S/C13H19NO/c1-9-4-3-5-10(2)13(9)15-12-7-6-11(14)8-12/h3-5,11-12H,6-8,14H2,1-2H3. The van der Waals surface area contributed by atoms with Crippen LogP contribution < -0.4 is 10.5 Å². The van der Waals surface area contributed by atoms with Gasteiger partial charge in [0.1, 0.15) is 11.9 Å². The summed E-state index contributed by atoms with van der Waals surface area (Å²) in [4.78, 5) is 0. The summed E-state index contributed by atoms with van der Waals surface area (Å²) < 4.78 is 6.03. The smallest absolute Gasteiger partial charge is 0.125 e. The first kappa shape index (κ1) is 10.5. The summed E-state index contributed by atoms with van der Waals surface area (Å²) >= 11 is 0. The second-order valence-electron chi connectivity index (χ2n) is 4.53. The molecule has 0 amide bonds. The Morgan fingerprint density at radius 3 is 2.40 bits per heavy atom. The molecule has 82 valence electrons. The van der Waals surface area contributed by atoms with Gasteiger partial charge in [-0.15, -0.1) is 0 Å². The highest BCUT2D eigenvalue weighted by Gasteiger charge is 2.23. The van der Waals surface area contributed by atoms with Crippen LogP contribution in [0, 0.1) is 13.8 Å². The van der Waals surface area contributed by atoms with Crippen LogP contribution in [-0.4, -0.2) is 12.1 Å². The zero-order valence-corrected chi connectivity index (χ0v) is 9.49. The molecule has 2 heteroatoms. The molecule has 1 aliphatic carbocycles. The first-order valence-electron chi connectivity index (χ1n) is 5.65. The van der Waals surface area contributed by atoms with Crippen molar-refractivity contribution in [2.75, 3.05) is 0 Å². The van der Waals surface area contributed by atoms with Crippen LogP contribution in [0.25, 0.3) is 0 Å². The van der Waals surface area contributed by atoms with E-state index in [0.29, 0.717) is 12.1 Å². The van der Waals surface area contributed by atoms with Gasteiger partial charge < -0.3 is 10.5 Å². The minimum absolute atomic E-state index is 0.319. The van der Waals surface area contributed by atoms with Crippen molar-refractivity contribution in [2.24, 2.45) is 5.73 Å². The molecular weight excluding hydrogens is 186 g/mol. The molecule has 0 bridgehead atoms. The van der Waals surface area contributed by atoms with E-state index in [4.69, 9.17) is 10.5 Å². The molecule has 0 heterocycles. The second kappa shape index (κ2) is 4.23. The summed E-state index contributed by atoms with van der Waals surface area (Å²) in [7, 11) is 0. The van der Waals surface area contributed by atoms with Gasteiger partial charge in [0.2, 0.25) is 0 Å². The van der Waals surface area contributed by atoms with Crippen LogP contribution in [-0.2, 0) is 0 Å². The molecule has 1 saturated carbocycles. The van der Waals surface area contributed by atoms with Crippen LogP contribution in [0.15, 0.2) is 18.2 Å². The van der Waals surface area contributed by atoms with Gasteiger partial charge in [-0.3, -0.25) is 0 Å². The summed E-state index contributed by atoms with van der Waals surface area (Å²) in [5, 5.41) is 0. The minimum Gasteiger partial charge on any atom is -0.490 e. The molecule has 0 spiro atoms. The number of nitrogens with two attached hydrogens (primary N) is 1.